The molecule has 3 nitrogen and oxygen atoms in total. The number of aldehydes is 1. The predicted molar refractivity (Wildman–Crippen MR) is 44.9 cm³/mol. The average molecular weight is 172 g/mol. The minimum absolute atomic E-state index is 0.209. The van der Waals surface area contributed by atoms with Crippen molar-refractivity contribution in [2.75, 3.05) is 0 Å². The number of hydrogen-bond acceptors (Lipinski definition) is 3. The molecule has 3 atom stereocenters. The third kappa shape index (κ3) is 2.57. The molecule has 70 valence electrons. The minimum atomic E-state index is -0.438. The Bertz CT molecular complexity index is 147. The highest BCUT2D eigenvalue weighted by molar-refractivity contribution is 5.60. The van der Waals surface area contributed by atoms with Crippen LogP contribution in [0.2, 0.25) is 0 Å². The van der Waals surface area contributed by atoms with Crippen molar-refractivity contribution in [2.45, 2.75) is 50.9 Å². The van der Waals surface area contributed by atoms with Gasteiger partial charge in [0.1, 0.15) is 12.2 Å². The molecule has 1 aliphatic rings. The van der Waals surface area contributed by atoms with Gasteiger partial charge in [0.25, 0.3) is 0 Å². The number of hydrogen-bond donors (Lipinski definition) is 1. The Balaban J connectivity index is 2.05. The molecular weight excluding hydrogens is 156 g/mol. The van der Waals surface area contributed by atoms with Gasteiger partial charge in [-0.1, -0.05) is 26.2 Å². The van der Waals surface area contributed by atoms with Gasteiger partial charge in [0.15, 0.2) is 6.29 Å². The van der Waals surface area contributed by atoms with Gasteiger partial charge in [-0.15, -0.1) is 0 Å². The van der Waals surface area contributed by atoms with Crippen LogP contribution in [0.5, 0.6) is 0 Å². The van der Waals surface area contributed by atoms with Gasteiger partial charge in [-0.3, -0.25) is 0 Å². The number of ether oxygens (including phenoxy) is 1. The van der Waals surface area contributed by atoms with Crippen LogP contribution in [0.25, 0.3) is 0 Å². The summed E-state index contributed by atoms with van der Waals surface area (Å²) < 4.78 is 4.94. The van der Waals surface area contributed by atoms with E-state index in [1.54, 1.807) is 0 Å². The lowest BCUT2D eigenvalue weighted by Crippen LogP contribution is -2.17. The zero-order chi connectivity index (χ0) is 8.97. The number of aliphatic hydroxyl groups excluding tert-OH is 1. The Kier molecular flexibility index (Phi) is 3.69. The zero-order valence-electron chi connectivity index (χ0n) is 7.40. The molecule has 0 saturated carbocycles. The highest BCUT2D eigenvalue weighted by Gasteiger charge is 2.43. The van der Waals surface area contributed by atoms with Crippen LogP contribution in [-0.4, -0.2) is 29.7 Å². The number of aliphatic hydroxyl groups is 1. The van der Waals surface area contributed by atoms with Crippen LogP contribution in [0.3, 0.4) is 0 Å². The monoisotopic (exact) mass is 172 g/mol. The van der Waals surface area contributed by atoms with E-state index in [0.717, 1.165) is 32.0 Å². The van der Waals surface area contributed by atoms with Crippen LogP contribution in [0.4, 0.5) is 0 Å². The van der Waals surface area contributed by atoms with E-state index >= 15 is 0 Å². The molecule has 0 spiro atoms. The maximum Gasteiger partial charge on any atom is 0.151 e. The molecule has 0 aromatic rings. The second-order valence-electron chi connectivity index (χ2n) is 3.26. The number of epoxide rings is 1. The van der Waals surface area contributed by atoms with Crippen molar-refractivity contribution in [1.29, 1.82) is 0 Å². The van der Waals surface area contributed by atoms with Gasteiger partial charge < -0.3 is 14.6 Å². The van der Waals surface area contributed by atoms with E-state index in [-0.39, 0.29) is 12.2 Å². The maximum absolute atomic E-state index is 10.2. The fourth-order valence-electron chi connectivity index (χ4n) is 1.32. The first-order valence-electron chi connectivity index (χ1n) is 4.58. The average Bonchev–Trinajstić information content (AvgIpc) is 2.83. The second-order valence-corrected chi connectivity index (χ2v) is 3.26. The molecule has 1 aliphatic heterocycles. The van der Waals surface area contributed by atoms with Crippen molar-refractivity contribution in [2.24, 2.45) is 0 Å². The summed E-state index contributed by atoms with van der Waals surface area (Å²) in [4.78, 5) is 10.2. The molecule has 1 rings (SSSR count). The smallest absolute Gasteiger partial charge is 0.151 e. The molecular formula is C9H16O3. The first kappa shape index (κ1) is 9.68. The van der Waals surface area contributed by atoms with E-state index in [0.29, 0.717) is 0 Å². The molecule has 0 aromatic heterocycles. The van der Waals surface area contributed by atoms with Crippen LogP contribution in [0.1, 0.15) is 32.6 Å². The number of rotatable bonds is 6. The van der Waals surface area contributed by atoms with Crippen LogP contribution in [0, 0.1) is 0 Å². The molecule has 0 amide bonds. The van der Waals surface area contributed by atoms with Crippen molar-refractivity contribution >= 4 is 6.29 Å². The van der Waals surface area contributed by atoms with Crippen molar-refractivity contribution in [3.05, 3.63) is 0 Å². The lowest BCUT2D eigenvalue weighted by molar-refractivity contribution is -0.108. The molecule has 0 aromatic carbocycles. The highest BCUT2D eigenvalue weighted by Crippen LogP contribution is 2.26. The second kappa shape index (κ2) is 4.58. The summed E-state index contributed by atoms with van der Waals surface area (Å²) >= 11 is 0. The summed E-state index contributed by atoms with van der Waals surface area (Å²) in [6.45, 7) is 2.12. The maximum atomic E-state index is 10.2. The quantitative estimate of drug-likeness (QED) is 0.368. The standard InChI is InChI=1S/C9H16O3/c1-2-3-4-5-7(11)9-8(6-10)12-9/h6-9,11H,2-5H2,1H3/t7-,8-,9+/m1/s1. The highest BCUT2D eigenvalue weighted by atomic mass is 16.6. The summed E-state index contributed by atoms with van der Waals surface area (Å²) in [5, 5.41) is 9.43. The predicted octanol–water partition coefficient (Wildman–Crippen LogP) is 0.894. The number of carbonyl (C=O) groups is 1. The normalized spacial score (nSPS) is 29.8. The molecule has 3 heteroatoms. The summed E-state index contributed by atoms with van der Waals surface area (Å²) in [5.41, 5.74) is 0. The third-order valence-electron chi connectivity index (χ3n) is 2.18. The van der Waals surface area contributed by atoms with E-state index in [1.807, 2.05) is 0 Å². The van der Waals surface area contributed by atoms with E-state index in [1.165, 1.54) is 0 Å². The van der Waals surface area contributed by atoms with Gasteiger partial charge in [0.2, 0.25) is 0 Å². The summed E-state index contributed by atoms with van der Waals surface area (Å²) in [5.74, 6) is 0. The van der Waals surface area contributed by atoms with Gasteiger partial charge in [-0.05, 0) is 6.42 Å². The molecule has 0 aliphatic carbocycles. The SMILES string of the molecule is CCCCC[C@@H](O)[C@@H]1O[C@@H]1C=O. The summed E-state index contributed by atoms with van der Waals surface area (Å²) in [6.07, 6.45) is 3.83. The van der Waals surface area contributed by atoms with Gasteiger partial charge in [-0.25, -0.2) is 0 Å². The van der Waals surface area contributed by atoms with Crippen molar-refractivity contribution in [1.82, 2.24) is 0 Å². The topological polar surface area (TPSA) is 49.8 Å². The molecule has 1 heterocycles. The summed E-state index contributed by atoms with van der Waals surface area (Å²) in [6, 6.07) is 0. The molecule has 1 saturated heterocycles. The first-order valence-corrected chi connectivity index (χ1v) is 4.58. The summed E-state index contributed by atoms with van der Waals surface area (Å²) in [7, 11) is 0. The van der Waals surface area contributed by atoms with Crippen LogP contribution < -0.4 is 0 Å². The van der Waals surface area contributed by atoms with Gasteiger partial charge in [0.05, 0.1) is 6.10 Å². The molecule has 0 unspecified atom stereocenters. The van der Waals surface area contributed by atoms with Gasteiger partial charge >= 0.3 is 0 Å². The van der Waals surface area contributed by atoms with Crippen molar-refractivity contribution in [3.63, 3.8) is 0 Å². The molecule has 1 fully saturated rings. The Morgan fingerprint density at radius 3 is 2.83 bits per heavy atom. The first-order chi connectivity index (χ1) is 5.79. The third-order valence-corrected chi connectivity index (χ3v) is 2.18. The van der Waals surface area contributed by atoms with Gasteiger partial charge in [0, 0.05) is 0 Å². The molecule has 0 radical (unpaired) electrons. The Morgan fingerprint density at radius 2 is 2.33 bits per heavy atom. The van der Waals surface area contributed by atoms with E-state index in [4.69, 9.17) is 4.74 Å². The Labute approximate surface area is 72.7 Å². The Morgan fingerprint density at radius 1 is 1.58 bits per heavy atom. The lowest BCUT2D eigenvalue weighted by atomic mass is 10.1. The lowest BCUT2D eigenvalue weighted by Gasteiger charge is -2.05. The van der Waals surface area contributed by atoms with Crippen LogP contribution in [0.15, 0.2) is 0 Å². The van der Waals surface area contributed by atoms with Gasteiger partial charge in [-0.2, -0.15) is 0 Å². The van der Waals surface area contributed by atoms with E-state index < -0.39 is 6.10 Å². The fourth-order valence-corrected chi connectivity index (χ4v) is 1.32. The fraction of sp³-hybridized carbons (Fsp3) is 0.889. The molecule has 1 N–H and O–H groups in total. The van der Waals surface area contributed by atoms with E-state index in [9.17, 15) is 9.90 Å². The number of unbranched alkanes of at least 4 members (excludes halogenated alkanes) is 2. The minimum Gasteiger partial charge on any atom is -0.390 e. The van der Waals surface area contributed by atoms with Crippen molar-refractivity contribution < 1.29 is 14.6 Å². The molecule has 12 heavy (non-hydrogen) atoms. The number of carbonyl (C=O) groups excluding carboxylic acids is 1. The zero-order valence-corrected chi connectivity index (χ0v) is 7.40. The van der Waals surface area contributed by atoms with Crippen molar-refractivity contribution in [3.8, 4) is 0 Å². The largest absolute Gasteiger partial charge is 0.390 e. The Hall–Kier alpha value is -0.410. The molecule has 0 bridgehead atoms. The van der Waals surface area contributed by atoms with E-state index in [2.05, 4.69) is 6.92 Å². The van der Waals surface area contributed by atoms with Crippen LogP contribution in [-0.2, 0) is 9.53 Å². The van der Waals surface area contributed by atoms with Crippen LogP contribution >= 0.6 is 0 Å².